The SMILES string of the molecule is COCC(=O)N1CCN2C(=O)[C@@H]3C[C@H](CN3C3CCN(C)CC3)NC(=O)c3cccnc3OC[C@@H]2C1. The predicted octanol–water partition coefficient (Wildman–Crippen LogP) is -0.573. The lowest BCUT2D eigenvalue weighted by molar-refractivity contribution is -0.149. The van der Waals surface area contributed by atoms with Crippen LogP contribution in [0.1, 0.15) is 29.6 Å². The first kappa shape index (κ1) is 24.9. The Morgan fingerprint density at radius 3 is 2.75 bits per heavy atom. The second-order valence-electron chi connectivity index (χ2n) is 10.3. The minimum Gasteiger partial charge on any atom is -0.475 e. The number of rotatable bonds is 3. The number of carbonyl (C=O) groups is 3. The second kappa shape index (κ2) is 10.7. The third-order valence-corrected chi connectivity index (χ3v) is 7.93. The van der Waals surface area contributed by atoms with Crippen molar-refractivity contribution in [2.75, 3.05) is 66.6 Å². The minimum absolute atomic E-state index is 0.000291. The zero-order valence-electron chi connectivity index (χ0n) is 21.1. The van der Waals surface area contributed by atoms with Crippen molar-refractivity contribution in [3.05, 3.63) is 23.9 Å². The van der Waals surface area contributed by atoms with E-state index in [1.807, 2.05) is 4.90 Å². The molecule has 1 aromatic rings. The van der Waals surface area contributed by atoms with Crippen LogP contribution in [-0.4, -0.2) is 133 Å². The van der Waals surface area contributed by atoms with E-state index in [0.717, 1.165) is 25.9 Å². The highest BCUT2D eigenvalue weighted by Crippen LogP contribution is 2.30. The number of nitrogens with one attached hydrogen (secondary N) is 1. The summed E-state index contributed by atoms with van der Waals surface area (Å²) in [6.07, 6.45) is 4.16. The standard InChI is InChI=1S/C25H36N6O5/c1-28-8-5-18(6-9-28)31-13-17-12-21(31)25(34)30-11-10-29(22(32)16-35-2)14-19(30)15-36-24-20(23(33)27-17)4-3-7-26-24/h3-4,7,17-19,21H,5-6,8-16H2,1-2H3,(H,27,33)/t17-,19+,21+/m1/s1. The third kappa shape index (κ3) is 5.05. The van der Waals surface area contributed by atoms with E-state index in [-0.39, 0.29) is 54.9 Å². The molecular weight excluding hydrogens is 464 g/mol. The summed E-state index contributed by atoms with van der Waals surface area (Å²) in [4.78, 5) is 52.4. The molecular formula is C25H36N6O5. The molecule has 36 heavy (non-hydrogen) atoms. The number of amides is 3. The normalized spacial score (nSPS) is 28.4. The summed E-state index contributed by atoms with van der Waals surface area (Å²) in [5.74, 6) is -0.0510. The number of likely N-dealkylation sites (tertiary alicyclic amines) is 2. The molecule has 196 valence electrons. The number of carbonyl (C=O) groups excluding carboxylic acids is 3. The molecule has 0 aromatic carbocycles. The molecule has 2 bridgehead atoms. The van der Waals surface area contributed by atoms with Crippen molar-refractivity contribution in [2.45, 2.75) is 43.4 Å². The molecule has 0 radical (unpaired) electrons. The summed E-state index contributed by atoms with van der Waals surface area (Å²) >= 11 is 0. The quantitative estimate of drug-likeness (QED) is 0.588. The van der Waals surface area contributed by atoms with Gasteiger partial charge in [-0.05, 0) is 51.5 Å². The summed E-state index contributed by atoms with van der Waals surface area (Å²) in [6, 6.07) is 2.94. The fourth-order valence-electron chi connectivity index (χ4n) is 5.98. The van der Waals surface area contributed by atoms with Crippen LogP contribution in [0.4, 0.5) is 0 Å². The van der Waals surface area contributed by atoms with Crippen molar-refractivity contribution in [1.82, 2.24) is 29.9 Å². The largest absolute Gasteiger partial charge is 0.475 e. The smallest absolute Gasteiger partial charge is 0.257 e. The molecule has 0 aliphatic carbocycles. The molecule has 1 aromatic heterocycles. The fraction of sp³-hybridized carbons (Fsp3) is 0.680. The number of methoxy groups -OCH3 is 1. The average molecular weight is 501 g/mol. The zero-order chi connectivity index (χ0) is 25.2. The van der Waals surface area contributed by atoms with E-state index >= 15 is 0 Å². The summed E-state index contributed by atoms with van der Waals surface area (Å²) < 4.78 is 11.1. The van der Waals surface area contributed by atoms with E-state index in [1.54, 1.807) is 23.2 Å². The molecule has 4 aliphatic heterocycles. The monoisotopic (exact) mass is 500 g/mol. The summed E-state index contributed by atoms with van der Waals surface area (Å²) in [7, 11) is 3.63. The first-order valence-corrected chi connectivity index (χ1v) is 12.8. The molecule has 1 N–H and O–H groups in total. The summed E-state index contributed by atoms with van der Waals surface area (Å²) in [5, 5.41) is 3.14. The number of hydrogen-bond donors (Lipinski definition) is 1. The maximum Gasteiger partial charge on any atom is 0.257 e. The van der Waals surface area contributed by atoms with E-state index in [1.165, 1.54) is 7.11 Å². The van der Waals surface area contributed by atoms with E-state index in [2.05, 4.69) is 27.1 Å². The van der Waals surface area contributed by atoms with Crippen molar-refractivity contribution in [3.8, 4) is 5.88 Å². The van der Waals surface area contributed by atoms with Crippen molar-refractivity contribution in [3.63, 3.8) is 0 Å². The molecule has 5 rings (SSSR count). The van der Waals surface area contributed by atoms with E-state index in [9.17, 15) is 14.4 Å². The third-order valence-electron chi connectivity index (χ3n) is 7.93. The number of piperidine rings is 1. The van der Waals surface area contributed by atoms with Crippen LogP contribution in [-0.2, 0) is 14.3 Å². The van der Waals surface area contributed by atoms with E-state index in [4.69, 9.17) is 9.47 Å². The molecule has 5 heterocycles. The Labute approximate surface area is 211 Å². The van der Waals surface area contributed by atoms with Gasteiger partial charge < -0.3 is 29.5 Å². The number of nitrogens with zero attached hydrogens (tertiary/aromatic N) is 5. The first-order chi connectivity index (χ1) is 17.4. The molecule has 0 spiro atoms. The topological polar surface area (TPSA) is 108 Å². The van der Waals surface area contributed by atoms with Crippen LogP contribution in [0.5, 0.6) is 5.88 Å². The Kier molecular flexibility index (Phi) is 7.40. The summed E-state index contributed by atoms with van der Waals surface area (Å²) in [5.41, 5.74) is 0.383. The number of fused-ring (bicyclic) bond motifs is 4. The Bertz CT molecular complexity index is 983. The average Bonchev–Trinajstić information content (AvgIpc) is 3.30. The van der Waals surface area contributed by atoms with Crippen LogP contribution >= 0.6 is 0 Å². The molecule has 4 aliphatic rings. The Morgan fingerprint density at radius 2 is 1.97 bits per heavy atom. The number of hydrogen-bond acceptors (Lipinski definition) is 8. The minimum atomic E-state index is -0.345. The summed E-state index contributed by atoms with van der Waals surface area (Å²) in [6.45, 7) is 4.03. The molecule has 11 heteroatoms. The lowest BCUT2D eigenvalue weighted by Crippen LogP contribution is -2.62. The highest BCUT2D eigenvalue weighted by atomic mass is 16.5. The van der Waals surface area contributed by atoms with Crippen molar-refractivity contribution in [2.24, 2.45) is 0 Å². The molecule has 3 saturated heterocycles. The number of aromatic nitrogens is 1. The molecule has 3 atom stereocenters. The second-order valence-corrected chi connectivity index (χ2v) is 10.3. The van der Waals surface area contributed by atoms with Gasteiger partial charge in [0, 0.05) is 51.6 Å². The van der Waals surface area contributed by atoms with Crippen LogP contribution < -0.4 is 10.1 Å². The van der Waals surface area contributed by atoms with Gasteiger partial charge in [-0.15, -0.1) is 0 Å². The first-order valence-electron chi connectivity index (χ1n) is 12.8. The molecule has 3 amide bonds. The van der Waals surface area contributed by atoms with Gasteiger partial charge in [-0.3, -0.25) is 19.3 Å². The fourth-order valence-corrected chi connectivity index (χ4v) is 5.98. The highest BCUT2D eigenvalue weighted by molar-refractivity contribution is 5.96. The van der Waals surface area contributed by atoms with E-state index in [0.29, 0.717) is 44.2 Å². The van der Waals surface area contributed by atoms with Gasteiger partial charge in [-0.25, -0.2) is 4.98 Å². The van der Waals surface area contributed by atoms with Gasteiger partial charge in [-0.1, -0.05) is 0 Å². The maximum atomic E-state index is 14.1. The van der Waals surface area contributed by atoms with Gasteiger partial charge >= 0.3 is 0 Å². The van der Waals surface area contributed by atoms with Gasteiger partial charge in [-0.2, -0.15) is 0 Å². The Morgan fingerprint density at radius 1 is 1.17 bits per heavy atom. The zero-order valence-corrected chi connectivity index (χ0v) is 21.1. The number of pyridine rings is 1. The number of piperazine rings is 1. The van der Waals surface area contributed by atoms with Crippen molar-refractivity contribution < 1.29 is 23.9 Å². The molecule has 0 saturated carbocycles. The molecule has 11 nitrogen and oxygen atoms in total. The van der Waals surface area contributed by atoms with Crippen molar-refractivity contribution in [1.29, 1.82) is 0 Å². The molecule has 3 fully saturated rings. The Hall–Kier alpha value is -2.76. The molecule has 0 unspecified atom stereocenters. The van der Waals surface area contributed by atoms with Gasteiger partial charge in [0.25, 0.3) is 5.91 Å². The maximum absolute atomic E-state index is 14.1. The highest BCUT2D eigenvalue weighted by Gasteiger charge is 2.45. The van der Waals surface area contributed by atoms with Gasteiger partial charge in [0.2, 0.25) is 17.7 Å². The van der Waals surface area contributed by atoms with Gasteiger partial charge in [0.05, 0.1) is 12.1 Å². The van der Waals surface area contributed by atoms with Crippen LogP contribution in [0.2, 0.25) is 0 Å². The van der Waals surface area contributed by atoms with Crippen LogP contribution in [0.25, 0.3) is 0 Å². The van der Waals surface area contributed by atoms with Crippen LogP contribution in [0.15, 0.2) is 18.3 Å². The van der Waals surface area contributed by atoms with Gasteiger partial charge in [0.15, 0.2) is 0 Å². The van der Waals surface area contributed by atoms with Gasteiger partial charge in [0.1, 0.15) is 18.8 Å². The lowest BCUT2D eigenvalue weighted by Gasteiger charge is -2.44. The van der Waals surface area contributed by atoms with E-state index < -0.39 is 0 Å². The lowest BCUT2D eigenvalue weighted by atomic mass is 10.0. The number of ether oxygens (including phenoxy) is 2. The predicted molar refractivity (Wildman–Crippen MR) is 131 cm³/mol. The van der Waals surface area contributed by atoms with Crippen molar-refractivity contribution >= 4 is 17.7 Å². The Balaban J connectivity index is 1.45. The van der Waals surface area contributed by atoms with Crippen LogP contribution in [0, 0.1) is 0 Å². The van der Waals surface area contributed by atoms with Crippen LogP contribution in [0.3, 0.4) is 0 Å².